The van der Waals surface area contributed by atoms with Crippen molar-refractivity contribution in [2.24, 2.45) is 5.73 Å². The monoisotopic (exact) mass is 493 g/mol. The van der Waals surface area contributed by atoms with Gasteiger partial charge in [0.05, 0.1) is 21.6 Å². The molecule has 110 valence electrons. The fraction of sp³-hybridized carbons (Fsp3) is 0.0714. The molecule has 0 atom stereocenters. The van der Waals surface area contributed by atoms with Crippen molar-refractivity contribution < 1.29 is 9.47 Å². The number of ether oxygens (including phenoxy) is 2. The molecule has 7 heteroatoms. The van der Waals surface area contributed by atoms with Crippen LogP contribution in [-0.4, -0.2) is 12.1 Å². The van der Waals surface area contributed by atoms with Crippen molar-refractivity contribution in [3.63, 3.8) is 0 Å². The quantitative estimate of drug-likeness (QED) is 0.576. The van der Waals surface area contributed by atoms with Crippen molar-refractivity contribution in [2.75, 3.05) is 7.11 Å². The topological polar surface area (TPSA) is 44.5 Å². The summed E-state index contributed by atoms with van der Waals surface area (Å²) in [4.78, 5) is 0.279. The van der Waals surface area contributed by atoms with E-state index in [1.54, 1.807) is 7.11 Å². The van der Waals surface area contributed by atoms with Crippen molar-refractivity contribution in [3.8, 4) is 17.2 Å². The molecule has 0 aliphatic heterocycles. The molecule has 0 aliphatic rings. The van der Waals surface area contributed by atoms with Gasteiger partial charge in [0.2, 0.25) is 0 Å². The number of hydrogen-bond donors (Lipinski definition) is 1. The van der Waals surface area contributed by atoms with E-state index in [1.165, 1.54) is 0 Å². The Morgan fingerprint density at radius 1 is 1.00 bits per heavy atom. The summed E-state index contributed by atoms with van der Waals surface area (Å²) in [5.41, 5.74) is 6.40. The molecule has 2 aromatic rings. The zero-order valence-corrected chi connectivity index (χ0v) is 16.4. The molecule has 0 heterocycles. The predicted molar refractivity (Wildman–Crippen MR) is 98.5 cm³/mol. The fourth-order valence-electron chi connectivity index (χ4n) is 1.65. The van der Waals surface area contributed by atoms with Crippen LogP contribution in [0.3, 0.4) is 0 Å². The maximum Gasteiger partial charge on any atom is 0.143 e. The molecule has 0 spiro atoms. The highest BCUT2D eigenvalue weighted by atomic mass is 79.9. The van der Waals surface area contributed by atoms with Crippen LogP contribution in [0.4, 0.5) is 0 Å². The Kier molecular flexibility index (Phi) is 5.65. The van der Waals surface area contributed by atoms with E-state index in [9.17, 15) is 0 Å². The van der Waals surface area contributed by atoms with Crippen molar-refractivity contribution in [1.82, 2.24) is 0 Å². The molecule has 2 N–H and O–H groups in total. The molecular formula is C14H10Br3NO2S. The van der Waals surface area contributed by atoms with E-state index < -0.39 is 0 Å². The van der Waals surface area contributed by atoms with Crippen LogP contribution in [0, 0.1) is 0 Å². The minimum atomic E-state index is 0.279. The van der Waals surface area contributed by atoms with Crippen molar-refractivity contribution in [1.29, 1.82) is 0 Å². The molecule has 0 radical (unpaired) electrons. The third-order valence-corrected chi connectivity index (χ3v) is 4.59. The van der Waals surface area contributed by atoms with Crippen LogP contribution in [0.5, 0.6) is 17.2 Å². The average Bonchev–Trinajstić information content (AvgIpc) is 2.42. The number of hydrogen-bond acceptors (Lipinski definition) is 3. The van der Waals surface area contributed by atoms with E-state index in [2.05, 4.69) is 47.8 Å². The summed E-state index contributed by atoms with van der Waals surface area (Å²) in [5.74, 6) is 1.91. The standard InChI is InChI=1S/C14H10Br3NO2S/c1-19-12-5-10(17)13(6-9(12)16)20-11-4-7(15)2-3-8(11)14(18)21/h2-6H,1H3,(H2,18,21). The van der Waals surface area contributed by atoms with Crippen molar-refractivity contribution in [2.45, 2.75) is 0 Å². The smallest absolute Gasteiger partial charge is 0.143 e. The molecule has 0 saturated heterocycles. The Morgan fingerprint density at radius 2 is 1.62 bits per heavy atom. The lowest BCUT2D eigenvalue weighted by Crippen LogP contribution is -2.10. The summed E-state index contributed by atoms with van der Waals surface area (Å²) in [6.07, 6.45) is 0. The molecule has 0 aromatic heterocycles. The second kappa shape index (κ2) is 7.09. The molecule has 21 heavy (non-hydrogen) atoms. The Balaban J connectivity index is 2.45. The predicted octanol–water partition coefficient (Wildman–Crippen LogP) is 5.41. The zero-order chi connectivity index (χ0) is 15.6. The Morgan fingerprint density at radius 3 is 2.24 bits per heavy atom. The summed E-state index contributed by atoms with van der Waals surface area (Å²) >= 11 is 15.3. The van der Waals surface area contributed by atoms with Crippen LogP contribution in [-0.2, 0) is 0 Å². The van der Waals surface area contributed by atoms with Gasteiger partial charge in [-0.2, -0.15) is 0 Å². The average molecular weight is 496 g/mol. The summed E-state index contributed by atoms with van der Waals surface area (Å²) in [6.45, 7) is 0. The molecule has 2 aromatic carbocycles. The number of thiocarbonyl (C=S) groups is 1. The molecule has 0 aliphatic carbocycles. The third kappa shape index (κ3) is 3.97. The lowest BCUT2D eigenvalue weighted by Gasteiger charge is -2.14. The van der Waals surface area contributed by atoms with Crippen molar-refractivity contribution >= 4 is 65.0 Å². The first kappa shape index (κ1) is 16.7. The molecule has 0 amide bonds. The van der Waals surface area contributed by atoms with E-state index in [1.807, 2.05) is 30.3 Å². The van der Waals surface area contributed by atoms with E-state index in [0.717, 1.165) is 13.4 Å². The molecular weight excluding hydrogens is 486 g/mol. The highest BCUT2D eigenvalue weighted by Gasteiger charge is 2.13. The molecule has 2 rings (SSSR count). The van der Waals surface area contributed by atoms with Gasteiger partial charge in [-0.25, -0.2) is 0 Å². The molecule has 3 nitrogen and oxygen atoms in total. The van der Waals surface area contributed by atoms with Gasteiger partial charge < -0.3 is 15.2 Å². The molecule has 0 bridgehead atoms. The zero-order valence-electron chi connectivity index (χ0n) is 10.8. The minimum Gasteiger partial charge on any atom is -0.496 e. The third-order valence-electron chi connectivity index (χ3n) is 2.64. The summed E-state index contributed by atoms with van der Waals surface area (Å²) in [7, 11) is 1.60. The van der Waals surface area contributed by atoms with E-state index in [0.29, 0.717) is 22.8 Å². The van der Waals surface area contributed by atoms with E-state index in [-0.39, 0.29) is 4.99 Å². The number of halogens is 3. The van der Waals surface area contributed by atoms with Crippen molar-refractivity contribution in [3.05, 3.63) is 49.3 Å². The van der Waals surface area contributed by atoms with Crippen LogP contribution in [0.15, 0.2) is 43.7 Å². The number of methoxy groups -OCH3 is 1. The van der Waals surface area contributed by atoms with Gasteiger partial charge in [-0.1, -0.05) is 28.1 Å². The van der Waals surface area contributed by atoms with Gasteiger partial charge >= 0.3 is 0 Å². The van der Waals surface area contributed by atoms with Crippen LogP contribution < -0.4 is 15.2 Å². The van der Waals surface area contributed by atoms with Gasteiger partial charge in [0, 0.05) is 4.47 Å². The Bertz CT molecular complexity index is 707. The van der Waals surface area contributed by atoms with Crippen LogP contribution >= 0.6 is 60.0 Å². The highest BCUT2D eigenvalue weighted by Crippen LogP contribution is 2.39. The Labute approximate surface area is 153 Å². The fourth-order valence-corrected chi connectivity index (χ4v) is 3.04. The number of benzene rings is 2. The summed E-state index contributed by atoms with van der Waals surface area (Å²) in [6, 6.07) is 9.12. The van der Waals surface area contributed by atoms with Gasteiger partial charge in [0.1, 0.15) is 22.2 Å². The van der Waals surface area contributed by atoms with Gasteiger partial charge in [-0.15, -0.1) is 0 Å². The van der Waals surface area contributed by atoms with Gasteiger partial charge in [0.25, 0.3) is 0 Å². The molecule has 0 saturated carbocycles. The van der Waals surface area contributed by atoms with E-state index in [4.69, 9.17) is 27.4 Å². The van der Waals surface area contributed by atoms with Crippen LogP contribution in [0.2, 0.25) is 0 Å². The normalized spacial score (nSPS) is 10.3. The number of rotatable bonds is 4. The lowest BCUT2D eigenvalue weighted by molar-refractivity contribution is 0.409. The maximum absolute atomic E-state index is 5.93. The second-order valence-electron chi connectivity index (χ2n) is 4.02. The van der Waals surface area contributed by atoms with E-state index >= 15 is 0 Å². The lowest BCUT2D eigenvalue weighted by atomic mass is 10.2. The van der Waals surface area contributed by atoms with Crippen LogP contribution in [0.1, 0.15) is 5.56 Å². The summed E-state index contributed by atoms with van der Waals surface area (Å²) < 4.78 is 13.6. The first-order valence-corrected chi connectivity index (χ1v) is 8.51. The van der Waals surface area contributed by atoms with Gasteiger partial charge in [0.15, 0.2) is 0 Å². The maximum atomic E-state index is 5.93. The highest BCUT2D eigenvalue weighted by molar-refractivity contribution is 9.11. The molecule has 0 fully saturated rings. The first-order chi connectivity index (χ1) is 9.92. The second-order valence-corrected chi connectivity index (χ2v) is 7.09. The SMILES string of the molecule is COc1cc(Br)c(Oc2cc(Br)ccc2C(N)=S)cc1Br. The minimum absolute atomic E-state index is 0.279. The van der Waals surface area contributed by atoms with Gasteiger partial charge in [-0.05, 0) is 62.2 Å². The largest absolute Gasteiger partial charge is 0.496 e. The number of nitrogens with two attached hydrogens (primary N) is 1. The Hall–Kier alpha value is -0.630. The summed E-state index contributed by atoms with van der Waals surface area (Å²) in [5, 5.41) is 0. The first-order valence-electron chi connectivity index (χ1n) is 5.72. The molecule has 0 unspecified atom stereocenters. The van der Waals surface area contributed by atoms with Crippen LogP contribution in [0.25, 0.3) is 0 Å². The van der Waals surface area contributed by atoms with Gasteiger partial charge in [-0.3, -0.25) is 0 Å².